The summed E-state index contributed by atoms with van der Waals surface area (Å²) in [5.74, 6) is -4.09. The minimum atomic E-state index is -1.35. The van der Waals surface area contributed by atoms with Crippen molar-refractivity contribution < 1.29 is 43.3 Å². The van der Waals surface area contributed by atoms with Crippen molar-refractivity contribution in [2.45, 2.75) is 42.7 Å². The number of carbonyl (C=O) groups excluding carboxylic acids is 5. The van der Waals surface area contributed by atoms with Crippen LogP contribution in [0.25, 0.3) is 0 Å². The monoisotopic (exact) mass is 526 g/mol. The number of hydrogen-bond acceptors (Lipinski definition) is 11. The number of ether oxygens (including phenoxy) is 2. The van der Waals surface area contributed by atoms with E-state index in [0.29, 0.717) is 5.57 Å². The largest absolute Gasteiger partial charge is 0.477 e. The molecule has 4 N–H and O–H groups in total. The first-order valence-electron chi connectivity index (χ1n) is 10.4. The van der Waals surface area contributed by atoms with E-state index in [0.717, 1.165) is 4.90 Å². The lowest BCUT2D eigenvalue weighted by Crippen LogP contribution is -2.75. The molecule has 0 aromatic rings. The molecule has 0 aliphatic carbocycles. The molecule has 188 valence electrons. The van der Waals surface area contributed by atoms with Crippen LogP contribution in [0, 0.1) is 0 Å². The summed E-state index contributed by atoms with van der Waals surface area (Å²) in [6, 6.07) is -2.95. The van der Waals surface area contributed by atoms with E-state index in [1.54, 1.807) is 5.41 Å². The van der Waals surface area contributed by atoms with Crippen molar-refractivity contribution in [3.63, 3.8) is 0 Å². The molecule has 4 aliphatic rings. The Hall–Kier alpha value is -3.04. The van der Waals surface area contributed by atoms with E-state index < -0.39 is 64.5 Å². The van der Waals surface area contributed by atoms with E-state index in [-0.39, 0.29) is 30.2 Å². The smallest absolute Gasteiger partial charge is 0.352 e. The maximum Gasteiger partial charge on any atom is 0.352 e. The van der Waals surface area contributed by atoms with Crippen LogP contribution in [0.2, 0.25) is 0 Å². The Morgan fingerprint density at radius 2 is 1.77 bits per heavy atom. The van der Waals surface area contributed by atoms with Crippen LogP contribution in [-0.4, -0.2) is 98.4 Å². The Morgan fingerprint density at radius 1 is 1.11 bits per heavy atom. The molecule has 0 bridgehead atoms. The van der Waals surface area contributed by atoms with Gasteiger partial charge in [0.25, 0.3) is 5.91 Å². The van der Waals surface area contributed by atoms with Gasteiger partial charge in [0.1, 0.15) is 47.8 Å². The zero-order valence-corrected chi connectivity index (χ0v) is 20.2. The number of nitrogens with one attached hydrogen (secondary N) is 1. The van der Waals surface area contributed by atoms with Gasteiger partial charge in [-0.3, -0.25) is 28.9 Å². The van der Waals surface area contributed by atoms with Crippen molar-refractivity contribution in [2.75, 3.05) is 19.0 Å². The number of carboxylic acid groups (broad SMARTS) is 1. The number of aliphatic carboxylic acids is 1. The average Bonchev–Trinajstić information content (AvgIpc) is 2.82. The maximum atomic E-state index is 13.3. The lowest BCUT2D eigenvalue weighted by atomic mass is 9.96. The lowest BCUT2D eigenvalue weighted by Gasteiger charge is -2.52. The lowest BCUT2D eigenvalue weighted by molar-refractivity contribution is -0.155. The van der Waals surface area contributed by atoms with Crippen LogP contribution >= 0.6 is 23.5 Å². The van der Waals surface area contributed by atoms with Gasteiger partial charge in [0.15, 0.2) is 0 Å². The highest BCUT2D eigenvalue weighted by atomic mass is 32.2. The van der Waals surface area contributed by atoms with Gasteiger partial charge in [-0.05, 0) is 5.41 Å². The second kappa shape index (κ2) is 9.54. The molecule has 4 heterocycles. The van der Waals surface area contributed by atoms with Crippen LogP contribution in [0.3, 0.4) is 0 Å². The number of thioether (sulfide) groups is 2. The van der Waals surface area contributed by atoms with E-state index >= 15 is 0 Å². The fourth-order valence-electron chi connectivity index (χ4n) is 4.14. The Morgan fingerprint density at radius 3 is 2.40 bits per heavy atom. The van der Waals surface area contributed by atoms with E-state index in [1.165, 1.54) is 42.3 Å². The average molecular weight is 527 g/mol. The van der Waals surface area contributed by atoms with Crippen LogP contribution < -0.4 is 11.1 Å². The summed E-state index contributed by atoms with van der Waals surface area (Å²) >= 11 is 2.45. The van der Waals surface area contributed by atoms with Crippen LogP contribution in [-0.2, 0) is 38.2 Å². The van der Waals surface area contributed by atoms with Crippen LogP contribution in [0.4, 0.5) is 0 Å². The topological polar surface area (TPSA) is 186 Å². The Kier molecular flexibility index (Phi) is 6.83. The molecule has 2 saturated heterocycles. The number of nitrogens with two attached hydrogens (primary N) is 1. The van der Waals surface area contributed by atoms with Crippen molar-refractivity contribution in [3.8, 4) is 0 Å². The molecule has 2 fully saturated rings. The molecule has 1 unspecified atom stereocenters. The first-order valence-corrected chi connectivity index (χ1v) is 12.4. The van der Waals surface area contributed by atoms with Crippen LogP contribution in [0.5, 0.6) is 0 Å². The second-order valence-electron chi connectivity index (χ2n) is 8.11. The number of β-lactam (4-membered cyclic amide) rings is 2. The SMILES string of the molecule is CC(=O)OCC1=CS[C@@H]2[C@H](N)C(=O)N2C1C(=O)N[C@@H]1C(=O)N2C(C(=O)O)=C(COC(C)=O)CS[C@H]12. The van der Waals surface area contributed by atoms with Crippen LogP contribution in [0.15, 0.2) is 22.3 Å². The summed E-state index contributed by atoms with van der Waals surface area (Å²) in [5.41, 5.74) is 6.19. The number of amides is 3. The van der Waals surface area contributed by atoms with Gasteiger partial charge in [0, 0.05) is 30.7 Å². The van der Waals surface area contributed by atoms with Crippen molar-refractivity contribution in [1.29, 1.82) is 0 Å². The predicted octanol–water partition coefficient (Wildman–Crippen LogP) is -1.65. The van der Waals surface area contributed by atoms with Crippen molar-refractivity contribution >= 4 is 59.2 Å². The van der Waals surface area contributed by atoms with Gasteiger partial charge in [0.05, 0.1) is 0 Å². The molecule has 0 aromatic heterocycles. The fourth-order valence-corrected chi connectivity index (χ4v) is 6.62. The number of fused-ring (bicyclic) bond motifs is 2. The van der Waals surface area contributed by atoms with Crippen molar-refractivity contribution in [1.82, 2.24) is 15.1 Å². The van der Waals surface area contributed by atoms with Crippen LogP contribution in [0.1, 0.15) is 13.8 Å². The van der Waals surface area contributed by atoms with E-state index in [4.69, 9.17) is 15.2 Å². The number of carbonyl (C=O) groups is 6. The summed E-state index contributed by atoms with van der Waals surface area (Å²) in [4.78, 5) is 75.2. The first kappa shape index (κ1) is 25.1. The molecule has 0 aromatic carbocycles. The van der Waals surface area contributed by atoms with Crippen molar-refractivity contribution in [3.05, 3.63) is 22.3 Å². The van der Waals surface area contributed by atoms with E-state index in [2.05, 4.69) is 5.32 Å². The summed E-state index contributed by atoms with van der Waals surface area (Å²) < 4.78 is 9.92. The molecule has 4 aliphatic heterocycles. The summed E-state index contributed by atoms with van der Waals surface area (Å²) in [6.45, 7) is 1.92. The molecule has 4 rings (SSSR count). The molecular formula is C20H22N4O9S2. The normalized spacial score (nSPS) is 29.2. The van der Waals surface area contributed by atoms with E-state index in [9.17, 15) is 33.9 Å². The van der Waals surface area contributed by atoms with Gasteiger partial charge in [0.2, 0.25) is 11.8 Å². The zero-order valence-electron chi connectivity index (χ0n) is 18.6. The minimum Gasteiger partial charge on any atom is -0.477 e. The first-order chi connectivity index (χ1) is 16.5. The zero-order chi connectivity index (χ0) is 25.6. The standard InChI is InChI=1S/C20H22N4O9S2/c1-7(25)32-3-9-5-34-18-11(21)16(28)23(18)13(9)15(27)22-12-17(29)24-14(20(30)31)10(4-33-8(2)26)6-35-19(12)24/h5,11-13,18-19H,3-4,6,21H2,1-2H3,(H,22,27)(H,30,31)/t11-,12-,13?,18-,19-/m1/s1. The number of hydrogen-bond donors (Lipinski definition) is 3. The molecule has 0 saturated carbocycles. The van der Waals surface area contributed by atoms with Crippen molar-refractivity contribution in [2.24, 2.45) is 5.73 Å². The highest BCUT2D eigenvalue weighted by molar-refractivity contribution is 8.03. The predicted molar refractivity (Wildman–Crippen MR) is 121 cm³/mol. The van der Waals surface area contributed by atoms with Gasteiger partial charge >= 0.3 is 17.9 Å². The van der Waals surface area contributed by atoms with Gasteiger partial charge in [-0.1, -0.05) is 0 Å². The van der Waals surface area contributed by atoms with Gasteiger partial charge in [-0.2, -0.15) is 0 Å². The molecule has 3 amide bonds. The Balaban J connectivity index is 1.51. The molecule has 13 nitrogen and oxygen atoms in total. The second-order valence-corrected chi connectivity index (χ2v) is 10.2. The Labute approximate surface area is 207 Å². The molecule has 0 spiro atoms. The fraction of sp³-hybridized carbons (Fsp3) is 0.500. The molecule has 35 heavy (non-hydrogen) atoms. The molecule has 0 radical (unpaired) electrons. The van der Waals surface area contributed by atoms with E-state index in [1.807, 2.05) is 0 Å². The molecule has 5 atom stereocenters. The third-order valence-electron chi connectivity index (χ3n) is 5.80. The van der Waals surface area contributed by atoms with Gasteiger partial charge in [-0.15, -0.1) is 23.5 Å². The Bertz CT molecular complexity index is 1090. The summed E-state index contributed by atoms with van der Waals surface area (Å²) in [6.07, 6.45) is 0. The number of esters is 2. The maximum absolute atomic E-state index is 13.3. The summed E-state index contributed by atoms with van der Waals surface area (Å²) in [7, 11) is 0. The molecule has 15 heteroatoms. The third kappa shape index (κ3) is 4.38. The number of rotatable bonds is 7. The summed E-state index contributed by atoms with van der Waals surface area (Å²) in [5, 5.41) is 12.7. The quantitative estimate of drug-likeness (QED) is 0.254. The van der Waals surface area contributed by atoms with Gasteiger partial charge < -0.3 is 30.5 Å². The highest BCUT2D eigenvalue weighted by Crippen LogP contribution is 2.42. The van der Waals surface area contributed by atoms with Gasteiger partial charge in [-0.25, -0.2) is 4.79 Å². The minimum absolute atomic E-state index is 0.176. The highest BCUT2D eigenvalue weighted by Gasteiger charge is 2.57. The third-order valence-corrected chi connectivity index (χ3v) is 8.37. The number of nitrogens with zero attached hydrogens (tertiary/aromatic N) is 2. The molecular weight excluding hydrogens is 504 g/mol. The number of carboxylic acids is 1.